The second-order valence-electron chi connectivity index (χ2n) is 4.22. The van der Waals surface area contributed by atoms with E-state index in [2.05, 4.69) is 0 Å². The zero-order chi connectivity index (χ0) is 10.9. The van der Waals surface area contributed by atoms with E-state index in [0.717, 1.165) is 11.3 Å². The van der Waals surface area contributed by atoms with Gasteiger partial charge >= 0.3 is 0 Å². The number of hydrogen-bond acceptors (Lipinski definition) is 3. The number of ether oxygens (including phenoxy) is 2. The van der Waals surface area contributed by atoms with Crippen molar-refractivity contribution in [1.29, 1.82) is 0 Å². The summed E-state index contributed by atoms with van der Waals surface area (Å²) in [5.41, 5.74) is 0.112. The lowest BCUT2D eigenvalue weighted by Crippen LogP contribution is -2.46. The summed E-state index contributed by atoms with van der Waals surface area (Å²) in [6.45, 7) is 4.75. The van der Waals surface area contributed by atoms with Crippen LogP contribution in [0.1, 0.15) is 19.4 Å². The summed E-state index contributed by atoms with van der Waals surface area (Å²) >= 11 is 0. The third-order valence-electron chi connectivity index (χ3n) is 2.45. The molecule has 0 atom stereocenters. The first-order chi connectivity index (χ1) is 7.10. The highest BCUT2D eigenvalue weighted by molar-refractivity contribution is 5.32. The molecule has 0 bridgehead atoms. The number of benzene rings is 1. The van der Waals surface area contributed by atoms with Crippen molar-refractivity contribution in [3.63, 3.8) is 0 Å². The molecule has 1 N–H and O–H groups in total. The van der Waals surface area contributed by atoms with Crippen LogP contribution >= 0.6 is 0 Å². The van der Waals surface area contributed by atoms with Gasteiger partial charge in [-0.1, -0.05) is 12.1 Å². The van der Waals surface area contributed by atoms with Gasteiger partial charge in [0.25, 0.3) is 0 Å². The lowest BCUT2D eigenvalue weighted by molar-refractivity contribution is -0.184. The molecule has 0 spiro atoms. The van der Waals surface area contributed by atoms with Gasteiger partial charge in [-0.25, -0.2) is 0 Å². The van der Waals surface area contributed by atoms with E-state index >= 15 is 0 Å². The molecule has 1 aromatic carbocycles. The van der Waals surface area contributed by atoms with E-state index in [1.807, 2.05) is 38.1 Å². The summed E-state index contributed by atoms with van der Waals surface area (Å²) in [4.78, 5) is 0. The molecule has 3 heteroatoms. The average Bonchev–Trinajstić information content (AvgIpc) is 2.14. The molecule has 0 amide bonds. The number of hydrogen-bond donors (Lipinski definition) is 1. The van der Waals surface area contributed by atoms with Crippen molar-refractivity contribution in [2.24, 2.45) is 0 Å². The largest absolute Gasteiger partial charge is 0.491 e. The standard InChI is InChI=1S/C12H16O3/c1-9(2)15-11-5-3-10(4-6-11)12(13)7-14-8-12/h3-6,9,13H,7-8H2,1-2H3. The highest BCUT2D eigenvalue weighted by Crippen LogP contribution is 2.30. The van der Waals surface area contributed by atoms with Gasteiger partial charge in [-0.15, -0.1) is 0 Å². The van der Waals surface area contributed by atoms with Crippen LogP contribution in [0.4, 0.5) is 0 Å². The topological polar surface area (TPSA) is 38.7 Å². The van der Waals surface area contributed by atoms with Crippen LogP contribution in [0.2, 0.25) is 0 Å². The minimum absolute atomic E-state index is 0.172. The minimum Gasteiger partial charge on any atom is -0.491 e. The molecule has 1 saturated heterocycles. The molecule has 15 heavy (non-hydrogen) atoms. The van der Waals surface area contributed by atoms with Gasteiger partial charge in [0.2, 0.25) is 0 Å². The van der Waals surface area contributed by atoms with Crippen molar-refractivity contribution in [2.45, 2.75) is 25.6 Å². The Kier molecular flexibility index (Phi) is 2.67. The number of rotatable bonds is 3. The summed E-state index contributed by atoms with van der Waals surface area (Å²) in [7, 11) is 0. The van der Waals surface area contributed by atoms with Crippen LogP contribution in [0.15, 0.2) is 24.3 Å². The quantitative estimate of drug-likeness (QED) is 0.821. The van der Waals surface area contributed by atoms with Gasteiger partial charge in [-0.05, 0) is 31.5 Å². The molecular weight excluding hydrogens is 192 g/mol. The first-order valence-corrected chi connectivity index (χ1v) is 5.17. The van der Waals surface area contributed by atoms with Crippen molar-refractivity contribution >= 4 is 0 Å². The summed E-state index contributed by atoms with van der Waals surface area (Å²) in [5, 5.41) is 9.99. The Morgan fingerprint density at radius 1 is 1.27 bits per heavy atom. The van der Waals surface area contributed by atoms with Gasteiger partial charge in [0.05, 0.1) is 19.3 Å². The first-order valence-electron chi connectivity index (χ1n) is 5.17. The molecule has 0 aromatic heterocycles. The zero-order valence-electron chi connectivity index (χ0n) is 9.06. The van der Waals surface area contributed by atoms with E-state index in [1.165, 1.54) is 0 Å². The Morgan fingerprint density at radius 2 is 1.87 bits per heavy atom. The lowest BCUT2D eigenvalue weighted by Gasteiger charge is -2.36. The fourth-order valence-electron chi connectivity index (χ4n) is 1.58. The molecule has 3 nitrogen and oxygen atoms in total. The maximum Gasteiger partial charge on any atom is 0.136 e. The van der Waals surface area contributed by atoms with Crippen LogP contribution in [0.25, 0.3) is 0 Å². The predicted molar refractivity (Wildman–Crippen MR) is 56.9 cm³/mol. The fraction of sp³-hybridized carbons (Fsp3) is 0.500. The van der Waals surface area contributed by atoms with Crippen LogP contribution in [0.5, 0.6) is 5.75 Å². The smallest absolute Gasteiger partial charge is 0.136 e. The second kappa shape index (κ2) is 3.83. The lowest BCUT2D eigenvalue weighted by atomic mass is 9.92. The molecule has 0 saturated carbocycles. The maximum atomic E-state index is 9.99. The third-order valence-corrected chi connectivity index (χ3v) is 2.45. The Morgan fingerprint density at radius 3 is 2.27 bits per heavy atom. The molecule has 82 valence electrons. The second-order valence-corrected chi connectivity index (χ2v) is 4.22. The average molecular weight is 208 g/mol. The monoisotopic (exact) mass is 208 g/mol. The van der Waals surface area contributed by atoms with Gasteiger partial charge in [0, 0.05) is 0 Å². The normalized spacial score (nSPS) is 18.7. The molecule has 0 unspecified atom stereocenters. The molecule has 1 aliphatic rings. The van der Waals surface area contributed by atoms with Gasteiger partial charge in [0.1, 0.15) is 11.4 Å². The highest BCUT2D eigenvalue weighted by Gasteiger charge is 2.37. The van der Waals surface area contributed by atoms with Crippen molar-refractivity contribution < 1.29 is 14.6 Å². The molecular formula is C12H16O3. The summed E-state index contributed by atoms with van der Waals surface area (Å²) in [6, 6.07) is 7.54. The van der Waals surface area contributed by atoms with Crippen LogP contribution in [0.3, 0.4) is 0 Å². The third kappa shape index (κ3) is 2.13. The Bertz CT molecular complexity index is 325. The van der Waals surface area contributed by atoms with E-state index in [9.17, 15) is 5.11 Å². The molecule has 1 fully saturated rings. The van der Waals surface area contributed by atoms with E-state index < -0.39 is 5.60 Å². The Hall–Kier alpha value is -1.06. The van der Waals surface area contributed by atoms with Crippen molar-refractivity contribution in [2.75, 3.05) is 13.2 Å². The van der Waals surface area contributed by atoms with Crippen molar-refractivity contribution in [3.8, 4) is 5.75 Å². The van der Waals surface area contributed by atoms with Gasteiger partial charge in [0.15, 0.2) is 0 Å². The summed E-state index contributed by atoms with van der Waals surface area (Å²) < 4.78 is 10.5. The van der Waals surface area contributed by atoms with Crippen LogP contribution in [-0.2, 0) is 10.3 Å². The molecule has 2 rings (SSSR count). The molecule has 0 radical (unpaired) electrons. The van der Waals surface area contributed by atoms with E-state index in [4.69, 9.17) is 9.47 Å². The van der Waals surface area contributed by atoms with Gasteiger partial charge in [-0.3, -0.25) is 0 Å². The van der Waals surface area contributed by atoms with Gasteiger partial charge in [-0.2, -0.15) is 0 Å². The van der Waals surface area contributed by atoms with E-state index in [1.54, 1.807) is 0 Å². The van der Waals surface area contributed by atoms with Crippen molar-refractivity contribution in [1.82, 2.24) is 0 Å². The molecule has 1 heterocycles. The summed E-state index contributed by atoms with van der Waals surface area (Å²) in [5.74, 6) is 0.831. The Labute approximate surface area is 89.6 Å². The zero-order valence-corrected chi connectivity index (χ0v) is 9.06. The van der Waals surface area contributed by atoms with Crippen molar-refractivity contribution in [3.05, 3.63) is 29.8 Å². The minimum atomic E-state index is -0.781. The van der Waals surface area contributed by atoms with Gasteiger partial charge < -0.3 is 14.6 Å². The van der Waals surface area contributed by atoms with E-state index in [0.29, 0.717) is 13.2 Å². The molecule has 0 aliphatic carbocycles. The number of aliphatic hydroxyl groups is 1. The van der Waals surface area contributed by atoms with Crippen LogP contribution in [-0.4, -0.2) is 24.4 Å². The SMILES string of the molecule is CC(C)Oc1ccc(C2(O)COC2)cc1. The van der Waals surface area contributed by atoms with Crippen LogP contribution in [0, 0.1) is 0 Å². The molecule has 1 aromatic rings. The fourth-order valence-corrected chi connectivity index (χ4v) is 1.58. The highest BCUT2D eigenvalue weighted by atomic mass is 16.5. The molecule has 1 aliphatic heterocycles. The maximum absolute atomic E-state index is 9.99. The first kappa shape index (κ1) is 10.5. The Balaban J connectivity index is 2.10. The summed E-state index contributed by atoms with van der Waals surface area (Å²) in [6.07, 6.45) is 0.172. The van der Waals surface area contributed by atoms with Crippen LogP contribution < -0.4 is 4.74 Å². The van der Waals surface area contributed by atoms with E-state index in [-0.39, 0.29) is 6.10 Å². The predicted octanol–water partition coefficient (Wildman–Crippen LogP) is 1.69.